The summed E-state index contributed by atoms with van der Waals surface area (Å²) in [4.78, 5) is 24.6. The van der Waals surface area contributed by atoms with Crippen LogP contribution in [0.5, 0.6) is 5.75 Å². The van der Waals surface area contributed by atoms with Crippen LogP contribution in [-0.4, -0.2) is 38.5 Å². The van der Waals surface area contributed by atoms with Crippen LogP contribution in [0.4, 0.5) is 0 Å². The average molecular weight is 393 g/mol. The van der Waals surface area contributed by atoms with Crippen molar-refractivity contribution in [1.29, 1.82) is 0 Å². The maximum atomic E-state index is 12.3. The molecule has 2 aromatic rings. The number of ether oxygens (including phenoxy) is 1. The summed E-state index contributed by atoms with van der Waals surface area (Å²) in [7, 11) is -1.56. The molecule has 0 bridgehead atoms. The van der Waals surface area contributed by atoms with Crippen LogP contribution in [0, 0.1) is 6.92 Å². The Kier molecular flexibility index (Phi) is 5.03. The first-order valence-electron chi connectivity index (χ1n) is 8.74. The van der Waals surface area contributed by atoms with Crippen LogP contribution in [0.25, 0.3) is 11.0 Å². The van der Waals surface area contributed by atoms with E-state index in [1.54, 1.807) is 19.1 Å². The van der Waals surface area contributed by atoms with E-state index in [-0.39, 0.29) is 30.3 Å². The number of carbonyl (C=O) groups excluding carboxylic acids is 1. The summed E-state index contributed by atoms with van der Waals surface area (Å²) >= 11 is 0. The monoisotopic (exact) mass is 393 g/mol. The minimum Gasteiger partial charge on any atom is -0.497 e. The minimum absolute atomic E-state index is 0.0509. The molecule has 1 atom stereocenters. The van der Waals surface area contributed by atoms with Gasteiger partial charge in [-0.1, -0.05) is 0 Å². The highest BCUT2D eigenvalue weighted by atomic mass is 32.2. The lowest BCUT2D eigenvalue weighted by Gasteiger charge is -2.23. The lowest BCUT2D eigenvalue weighted by Crippen LogP contribution is -2.47. The molecule has 1 N–H and O–H groups in total. The highest BCUT2D eigenvalue weighted by Crippen LogP contribution is 2.25. The Morgan fingerprint density at radius 3 is 2.74 bits per heavy atom. The minimum atomic E-state index is -3.10. The van der Waals surface area contributed by atoms with Gasteiger partial charge in [0.25, 0.3) is 0 Å². The van der Waals surface area contributed by atoms with Crippen LogP contribution in [-0.2, 0) is 21.1 Å². The first-order chi connectivity index (χ1) is 12.6. The smallest absolute Gasteiger partial charge is 0.339 e. The molecule has 1 aliphatic rings. The zero-order chi connectivity index (χ0) is 19.8. The van der Waals surface area contributed by atoms with Crippen molar-refractivity contribution in [2.24, 2.45) is 0 Å². The van der Waals surface area contributed by atoms with E-state index in [0.29, 0.717) is 23.3 Å². The fourth-order valence-corrected chi connectivity index (χ4v) is 5.63. The van der Waals surface area contributed by atoms with Crippen molar-refractivity contribution in [3.05, 3.63) is 39.7 Å². The second-order valence-corrected chi connectivity index (χ2v) is 9.49. The van der Waals surface area contributed by atoms with Crippen LogP contribution in [0.3, 0.4) is 0 Å². The quantitative estimate of drug-likeness (QED) is 0.776. The molecule has 8 heteroatoms. The molecule has 1 saturated heterocycles. The van der Waals surface area contributed by atoms with Crippen LogP contribution in [0.2, 0.25) is 0 Å². The number of methoxy groups -OCH3 is 1. The van der Waals surface area contributed by atoms with Gasteiger partial charge in [0.1, 0.15) is 11.3 Å². The van der Waals surface area contributed by atoms with Crippen LogP contribution in [0.1, 0.15) is 30.9 Å². The molecule has 0 radical (unpaired) electrons. The van der Waals surface area contributed by atoms with E-state index in [2.05, 4.69) is 5.32 Å². The van der Waals surface area contributed by atoms with Crippen LogP contribution in [0.15, 0.2) is 27.4 Å². The molecule has 0 spiro atoms. The maximum absolute atomic E-state index is 12.3. The summed E-state index contributed by atoms with van der Waals surface area (Å²) in [6.45, 7) is 3.56. The van der Waals surface area contributed by atoms with E-state index in [9.17, 15) is 18.0 Å². The molecule has 0 aliphatic carbocycles. The summed E-state index contributed by atoms with van der Waals surface area (Å²) in [6, 6.07) is 5.26. The molecule has 2 heterocycles. The van der Waals surface area contributed by atoms with Gasteiger partial charge < -0.3 is 14.5 Å². The molecule has 1 aromatic carbocycles. The Labute approximate surface area is 157 Å². The zero-order valence-corrected chi connectivity index (χ0v) is 16.4. The third-order valence-electron chi connectivity index (χ3n) is 5.04. The predicted molar refractivity (Wildman–Crippen MR) is 102 cm³/mol. The van der Waals surface area contributed by atoms with Crippen molar-refractivity contribution < 1.29 is 22.4 Å². The van der Waals surface area contributed by atoms with Gasteiger partial charge in [-0.3, -0.25) is 4.79 Å². The molecule has 1 fully saturated rings. The topological polar surface area (TPSA) is 103 Å². The second-order valence-electron chi connectivity index (χ2n) is 7.31. The fourth-order valence-electron chi connectivity index (χ4n) is 3.54. The van der Waals surface area contributed by atoms with Gasteiger partial charge in [0.15, 0.2) is 9.84 Å². The molecule has 1 aliphatic heterocycles. The van der Waals surface area contributed by atoms with Crippen molar-refractivity contribution >= 4 is 26.7 Å². The summed E-state index contributed by atoms with van der Waals surface area (Å²) in [5.74, 6) is 0.353. The van der Waals surface area contributed by atoms with E-state index in [0.717, 1.165) is 10.9 Å². The van der Waals surface area contributed by atoms with Gasteiger partial charge in [0.05, 0.1) is 24.2 Å². The number of hydrogen-bond donors (Lipinski definition) is 1. The average Bonchev–Trinajstić information content (AvgIpc) is 2.86. The Morgan fingerprint density at radius 2 is 2.11 bits per heavy atom. The molecular weight excluding hydrogens is 370 g/mol. The van der Waals surface area contributed by atoms with Gasteiger partial charge in [0, 0.05) is 23.4 Å². The molecule has 146 valence electrons. The number of rotatable bonds is 5. The van der Waals surface area contributed by atoms with Crippen molar-refractivity contribution in [2.75, 3.05) is 18.6 Å². The summed E-state index contributed by atoms with van der Waals surface area (Å²) < 4.78 is 33.8. The molecule has 0 saturated carbocycles. The third-order valence-corrected chi connectivity index (χ3v) is 6.94. The van der Waals surface area contributed by atoms with E-state index in [4.69, 9.17) is 9.15 Å². The molecule has 27 heavy (non-hydrogen) atoms. The fraction of sp³-hybridized carbons (Fsp3) is 0.474. The standard InChI is InChI=1S/C19H23NO6S/c1-12-14-5-4-13(25-3)10-16(14)26-18(22)15(12)6-7-17(21)20-19(2)8-9-27(23,24)11-19/h4-5,10H,6-9,11H2,1-3H3,(H,20,21)/t19-/m1/s1. The van der Waals surface area contributed by atoms with E-state index in [1.807, 2.05) is 13.0 Å². The van der Waals surface area contributed by atoms with Gasteiger partial charge in [-0.2, -0.15) is 0 Å². The Hall–Kier alpha value is -2.35. The third kappa shape index (κ3) is 4.16. The van der Waals surface area contributed by atoms with Crippen molar-refractivity contribution in [2.45, 2.75) is 38.6 Å². The Balaban J connectivity index is 1.75. The lowest BCUT2D eigenvalue weighted by molar-refractivity contribution is -0.122. The summed E-state index contributed by atoms with van der Waals surface area (Å²) in [5, 5.41) is 3.60. The normalized spacial score (nSPS) is 21.3. The van der Waals surface area contributed by atoms with Crippen LogP contribution >= 0.6 is 0 Å². The van der Waals surface area contributed by atoms with Gasteiger partial charge in [-0.15, -0.1) is 0 Å². The van der Waals surface area contributed by atoms with E-state index < -0.39 is 21.0 Å². The molecule has 1 aromatic heterocycles. The van der Waals surface area contributed by atoms with Gasteiger partial charge in [0.2, 0.25) is 5.91 Å². The number of aryl methyl sites for hydroxylation is 1. The van der Waals surface area contributed by atoms with E-state index >= 15 is 0 Å². The van der Waals surface area contributed by atoms with Crippen LogP contribution < -0.4 is 15.7 Å². The molecule has 7 nitrogen and oxygen atoms in total. The van der Waals surface area contributed by atoms with Crippen molar-refractivity contribution in [1.82, 2.24) is 5.32 Å². The summed E-state index contributed by atoms with van der Waals surface area (Å²) in [5.41, 5.74) is 0.443. The Morgan fingerprint density at radius 1 is 1.37 bits per heavy atom. The van der Waals surface area contributed by atoms with Crippen molar-refractivity contribution in [3.8, 4) is 5.75 Å². The predicted octanol–water partition coefficient (Wildman–Crippen LogP) is 1.74. The number of amides is 1. The number of nitrogens with one attached hydrogen (secondary N) is 1. The number of sulfone groups is 1. The van der Waals surface area contributed by atoms with Gasteiger partial charge >= 0.3 is 5.63 Å². The van der Waals surface area contributed by atoms with Gasteiger partial charge in [-0.25, -0.2) is 13.2 Å². The summed E-state index contributed by atoms with van der Waals surface area (Å²) in [6.07, 6.45) is 0.716. The second kappa shape index (κ2) is 6.99. The number of fused-ring (bicyclic) bond motifs is 1. The molecule has 0 unspecified atom stereocenters. The first-order valence-corrected chi connectivity index (χ1v) is 10.6. The number of benzene rings is 1. The molecule has 1 amide bonds. The lowest BCUT2D eigenvalue weighted by atomic mass is 10.00. The highest BCUT2D eigenvalue weighted by Gasteiger charge is 2.39. The van der Waals surface area contributed by atoms with Crippen molar-refractivity contribution in [3.63, 3.8) is 0 Å². The van der Waals surface area contributed by atoms with E-state index in [1.165, 1.54) is 7.11 Å². The molecule has 3 rings (SSSR count). The van der Waals surface area contributed by atoms with Gasteiger partial charge in [-0.05, 0) is 44.4 Å². The Bertz CT molecular complexity index is 1060. The zero-order valence-electron chi connectivity index (χ0n) is 15.6. The highest BCUT2D eigenvalue weighted by molar-refractivity contribution is 7.91. The molecular formula is C19H23NO6S. The largest absolute Gasteiger partial charge is 0.497 e. The maximum Gasteiger partial charge on any atom is 0.339 e. The first kappa shape index (κ1) is 19.4. The number of hydrogen-bond acceptors (Lipinski definition) is 6. The number of carbonyl (C=O) groups is 1. The SMILES string of the molecule is COc1ccc2c(C)c(CCC(=O)N[C@]3(C)CCS(=O)(=O)C3)c(=O)oc2c1.